The van der Waals surface area contributed by atoms with Gasteiger partial charge in [0, 0.05) is 32.9 Å². The quantitative estimate of drug-likeness (QED) is 0.325. The molecular weight excluding hydrogens is 442 g/mol. The summed E-state index contributed by atoms with van der Waals surface area (Å²) in [5.41, 5.74) is 0. The molecule has 0 aliphatic rings. The zero-order valence-corrected chi connectivity index (χ0v) is 14.1. The molecule has 0 aliphatic heterocycles. The zero-order chi connectivity index (χ0) is 0. The molecule has 68 valence electrons. The summed E-state index contributed by atoms with van der Waals surface area (Å²) in [5, 5.41) is 0. The van der Waals surface area contributed by atoms with E-state index in [1.54, 1.807) is 0 Å². The molecule has 0 unspecified atom stereocenters. The third-order valence-electron chi connectivity index (χ3n) is 0. The Morgan fingerprint density at radius 3 is 0.308 bits per heavy atom. The summed E-state index contributed by atoms with van der Waals surface area (Å²) < 4.78 is 0. The van der Waals surface area contributed by atoms with Gasteiger partial charge in [-0.2, -0.15) is 0 Å². The second kappa shape index (κ2) is 365. The molecule has 0 aromatic carbocycles. The molecule has 0 aromatic heterocycles. The fourth-order valence-corrected chi connectivity index (χ4v) is 0. The van der Waals surface area contributed by atoms with Crippen molar-refractivity contribution < 1.29 is 0 Å². The third kappa shape index (κ3) is 314. The van der Waals surface area contributed by atoms with Crippen LogP contribution in [0.3, 0.4) is 0 Å². The molecule has 0 N–H and O–H groups in total. The predicted octanol–water partition coefficient (Wildman–Crippen LogP) is -5.48. The minimum atomic E-state index is 0. The van der Waals surface area contributed by atoms with E-state index < -0.39 is 0 Å². The monoisotopic (exact) mass is 458 g/mol. The smallest absolute Gasteiger partial charge is 3.00 e. The van der Waals surface area contributed by atoms with Crippen LogP contribution in [0.5, 0.6) is 0 Å². The van der Waals surface area contributed by atoms with Crippen LogP contribution in [0.4, 0.5) is 0 Å². The van der Waals surface area contributed by atoms with Crippen molar-refractivity contribution in [3.63, 3.8) is 0 Å². The first-order chi connectivity index (χ1) is 0. The van der Waals surface area contributed by atoms with Gasteiger partial charge < -0.3 is 24.6 Å². The van der Waals surface area contributed by atoms with Crippen LogP contribution in [0.1, 0.15) is 0 Å². The maximum absolute atomic E-state index is 0. The van der Waals surface area contributed by atoms with Gasteiger partial charge in [-0.15, -0.1) is 0 Å². The van der Waals surface area contributed by atoms with E-state index in [-0.39, 0.29) is 143 Å². The fraction of sp³-hybridized carbons (Fsp3) is 0. The van der Waals surface area contributed by atoms with Gasteiger partial charge >= 0.3 is 52.8 Å². The van der Waals surface area contributed by atoms with Gasteiger partial charge in [0.25, 0.3) is 0 Å². The summed E-state index contributed by atoms with van der Waals surface area (Å²) in [7, 11) is 0. The molecule has 0 bridgehead atoms. The molecule has 4 nitrogen and oxygen atoms in total. The molecule has 0 heterocycles. The SMILES string of the molecule is [Ge+4].[Ge+4].[Ge+4].[N-3].[N-3].[N-3].[N-3].[SiH4].[SiH4].[SiH4].[Si].[Si].[Si]. The Kier molecular flexibility index (Phi) is 12600. The Bertz CT molecular complexity index is 19.8. The van der Waals surface area contributed by atoms with Crippen molar-refractivity contribution in [2.24, 2.45) is 0 Å². The largest absolute Gasteiger partial charge is 4.00 e. The molecule has 0 amide bonds. The van der Waals surface area contributed by atoms with Crippen LogP contribution in [0, 0.1) is 0 Å². The number of hydrogen-bond acceptors (Lipinski definition) is 0. The summed E-state index contributed by atoms with van der Waals surface area (Å²) in [6, 6.07) is 0. The van der Waals surface area contributed by atoms with Crippen LogP contribution in [0.2, 0.25) is 0 Å². The first kappa shape index (κ1) is 448. The minimum absolute atomic E-state index is 0. The van der Waals surface area contributed by atoms with Crippen molar-refractivity contribution in [1.29, 1.82) is 0 Å². The molecular formula is H12Ge3N4Si6. The third-order valence-corrected chi connectivity index (χ3v) is 0. The standard InChI is InChI=1S/3Ge.4N.3H4Si.3Si/h;;;;;;;3*1H4;;;/q3*+4;4*-3;;;;;;. The molecule has 13 heavy (non-hydrogen) atoms. The van der Waals surface area contributed by atoms with Crippen LogP contribution in [-0.2, 0) is 0 Å². The molecule has 0 saturated carbocycles. The van der Waals surface area contributed by atoms with E-state index in [9.17, 15) is 0 Å². The molecule has 0 rings (SSSR count). The van der Waals surface area contributed by atoms with E-state index in [2.05, 4.69) is 0 Å². The Balaban J connectivity index is 0. The molecule has 0 aromatic rings. The second-order valence-corrected chi connectivity index (χ2v) is 0. The zero-order valence-electron chi connectivity index (χ0n) is 4.79. The number of nitrogens with zero attached hydrogens (tertiary/aromatic N) is 4. The normalized spacial score (nSPS) is 0. The van der Waals surface area contributed by atoms with Gasteiger partial charge in [0.05, 0.1) is 0 Å². The van der Waals surface area contributed by atoms with Crippen LogP contribution < -0.4 is 0 Å². The Morgan fingerprint density at radius 2 is 0.308 bits per heavy atom. The average Bonchev–Trinajstić information content (AvgIpc) is 0. The number of hydrogen-bond donors (Lipinski definition) is 0. The fourth-order valence-electron chi connectivity index (χ4n) is 0. The van der Waals surface area contributed by atoms with E-state index in [1.165, 1.54) is 0 Å². The van der Waals surface area contributed by atoms with E-state index >= 15 is 0 Å². The predicted molar refractivity (Wildman–Crippen MR) is 82.0 cm³/mol. The van der Waals surface area contributed by atoms with Crippen LogP contribution in [-0.4, -0.2) is 119 Å². The second-order valence-electron chi connectivity index (χ2n) is 0. The molecule has 0 atom stereocenters. The van der Waals surface area contributed by atoms with Gasteiger partial charge in [0.1, 0.15) is 0 Å². The van der Waals surface area contributed by atoms with E-state index in [1.807, 2.05) is 0 Å². The molecule has 0 spiro atoms. The van der Waals surface area contributed by atoms with Gasteiger partial charge in [-0.25, -0.2) is 0 Å². The summed E-state index contributed by atoms with van der Waals surface area (Å²) in [6.45, 7) is 0. The van der Waals surface area contributed by atoms with Crippen molar-refractivity contribution in [2.45, 2.75) is 0 Å². The van der Waals surface area contributed by atoms with Crippen LogP contribution in [0.25, 0.3) is 24.6 Å². The molecule has 0 saturated heterocycles. The maximum atomic E-state index is 0. The minimum Gasteiger partial charge on any atom is -3.00 e. The summed E-state index contributed by atoms with van der Waals surface area (Å²) in [6.07, 6.45) is 0. The van der Waals surface area contributed by atoms with Gasteiger partial charge in [0.2, 0.25) is 0 Å². The number of rotatable bonds is 0. The molecule has 0 aliphatic carbocycles. The Hall–Kier alpha value is 2.77. The van der Waals surface area contributed by atoms with Crippen molar-refractivity contribution in [3.05, 3.63) is 24.6 Å². The first-order valence-corrected chi connectivity index (χ1v) is 0. The van der Waals surface area contributed by atoms with Crippen molar-refractivity contribution in [1.82, 2.24) is 0 Å². The summed E-state index contributed by atoms with van der Waals surface area (Å²) in [5.74, 6) is 0. The first-order valence-electron chi connectivity index (χ1n) is 0. The topological polar surface area (TPSA) is 122 Å². The molecule has 12 radical (unpaired) electrons. The molecule has 13 heteroatoms. The van der Waals surface area contributed by atoms with Crippen molar-refractivity contribution in [2.75, 3.05) is 0 Å². The van der Waals surface area contributed by atoms with Gasteiger partial charge in [-0.1, -0.05) is 0 Å². The van der Waals surface area contributed by atoms with E-state index in [4.69, 9.17) is 0 Å². The van der Waals surface area contributed by atoms with Gasteiger partial charge in [0.15, 0.2) is 0 Å². The maximum Gasteiger partial charge on any atom is 4.00 e. The van der Waals surface area contributed by atoms with E-state index in [0.29, 0.717) is 0 Å². The summed E-state index contributed by atoms with van der Waals surface area (Å²) in [4.78, 5) is 0. The van der Waals surface area contributed by atoms with Crippen LogP contribution in [0.15, 0.2) is 0 Å². The van der Waals surface area contributed by atoms with Crippen molar-refractivity contribution in [3.8, 4) is 0 Å². The average molecular weight is 454 g/mol. The van der Waals surface area contributed by atoms with Crippen molar-refractivity contribution >= 4 is 119 Å². The van der Waals surface area contributed by atoms with Gasteiger partial charge in [-0.05, 0) is 32.9 Å². The van der Waals surface area contributed by atoms with E-state index in [0.717, 1.165) is 0 Å². The Morgan fingerprint density at radius 1 is 0.308 bits per heavy atom. The molecule has 0 fully saturated rings. The van der Waals surface area contributed by atoms with Crippen LogP contribution >= 0.6 is 0 Å². The van der Waals surface area contributed by atoms with Gasteiger partial charge in [-0.3, -0.25) is 0 Å². The Labute approximate surface area is 142 Å². The summed E-state index contributed by atoms with van der Waals surface area (Å²) >= 11 is 0.